The third kappa shape index (κ3) is 1.91. The Morgan fingerprint density at radius 2 is 1.50 bits per heavy atom. The third-order valence-corrected chi connectivity index (χ3v) is 3.05. The molecule has 0 aliphatic heterocycles. The summed E-state index contributed by atoms with van der Waals surface area (Å²) in [6, 6.07) is 0. The van der Waals surface area contributed by atoms with E-state index in [-0.39, 0.29) is 26.2 Å². The lowest BCUT2D eigenvalue weighted by atomic mass is 10.3. The van der Waals surface area contributed by atoms with E-state index in [1.165, 1.54) is 0 Å². The van der Waals surface area contributed by atoms with Crippen molar-refractivity contribution in [2.24, 2.45) is 0 Å². The quantitative estimate of drug-likeness (QED) is 0.540. The molecule has 0 aliphatic carbocycles. The Balaban J connectivity index is 3.40. The third-order valence-electron chi connectivity index (χ3n) is 1.22. The number of hydrogen-bond acceptors (Lipinski definition) is 1. The van der Waals surface area contributed by atoms with Gasteiger partial charge in [0.2, 0.25) is 0 Å². The summed E-state index contributed by atoms with van der Waals surface area (Å²) >= 11 is 28.3. The van der Waals surface area contributed by atoms with E-state index in [1.54, 1.807) is 0 Å². The number of alkyl halides is 1. The Labute approximate surface area is 94.5 Å². The van der Waals surface area contributed by atoms with Gasteiger partial charge >= 0.3 is 0 Å². The van der Waals surface area contributed by atoms with Gasteiger partial charge in [-0.05, 0) is 0 Å². The Bertz CT molecular complexity index is 311. The Hall–Kier alpha value is 0.600. The van der Waals surface area contributed by atoms with Crippen LogP contribution < -0.4 is 0 Å². The maximum absolute atomic E-state index is 5.78. The van der Waals surface area contributed by atoms with Crippen molar-refractivity contribution in [2.75, 3.05) is 0 Å². The van der Waals surface area contributed by atoms with Crippen molar-refractivity contribution < 1.29 is 0 Å². The van der Waals surface area contributed by atoms with Crippen molar-refractivity contribution in [3.8, 4) is 0 Å². The van der Waals surface area contributed by atoms with E-state index in [2.05, 4.69) is 4.98 Å². The second kappa shape index (κ2) is 4.21. The van der Waals surface area contributed by atoms with Crippen LogP contribution in [0.5, 0.6) is 0 Å². The van der Waals surface area contributed by atoms with E-state index in [9.17, 15) is 0 Å². The van der Waals surface area contributed by atoms with Crippen molar-refractivity contribution in [3.63, 3.8) is 0 Å². The van der Waals surface area contributed by atoms with Gasteiger partial charge in [0.05, 0.1) is 15.9 Å². The molecule has 12 heavy (non-hydrogen) atoms. The summed E-state index contributed by atoms with van der Waals surface area (Å²) in [5, 5.41) is 0.708. The zero-order valence-electron chi connectivity index (χ0n) is 5.54. The van der Waals surface area contributed by atoms with Crippen molar-refractivity contribution in [3.05, 3.63) is 25.9 Å². The monoisotopic (exact) mass is 263 g/mol. The second-order valence-corrected chi connectivity index (χ2v) is 3.67. The summed E-state index contributed by atoms with van der Waals surface area (Å²) in [5.74, 6) is 0.154. The molecule has 0 saturated heterocycles. The number of nitrogens with zero attached hydrogens (tertiary/aromatic N) is 1. The van der Waals surface area contributed by atoms with Gasteiger partial charge in [-0.2, -0.15) is 0 Å². The molecule has 0 unspecified atom stereocenters. The maximum Gasteiger partial charge on any atom is 0.150 e. The molecule has 0 radical (unpaired) electrons. The molecule has 0 atom stereocenters. The molecule has 1 aromatic rings. The molecule has 1 aromatic heterocycles. The second-order valence-electron chi connectivity index (χ2n) is 1.93. The van der Waals surface area contributed by atoms with Gasteiger partial charge in [-0.15, -0.1) is 11.6 Å². The number of halogens is 5. The first-order valence-corrected chi connectivity index (χ1v) is 4.87. The van der Waals surface area contributed by atoms with Crippen LogP contribution in [0.25, 0.3) is 0 Å². The highest BCUT2D eigenvalue weighted by atomic mass is 35.5. The summed E-state index contributed by atoms with van der Waals surface area (Å²) < 4.78 is 0. The topological polar surface area (TPSA) is 12.9 Å². The highest BCUT2D eigenvalue weighted by molar-refractivity contribution is 6.49. The molecule has 6 heteroatoms. The number of rotatable bonds is 1. The van der Waals surface area contributed by atoms with Gasteiger partial charge < -0.3 is 0 Å². The molecule has 0 amide bonds. The highest BCUT2D eigenvalue weighted by Crippen LogP contribution is 2.35. The molecule has 66 valence electrons. The van der Waals surface area contributed by atoms with E-state index >= 15 is 0 Å². The number of aromatic nitrogens is 1. The minimum atomic E-state index is 0.0838. The fourth-order valence-electron chi connectivity index (χ4n) is 0.630. The van der Waals surface area contributed by atoms with Gasteiger partial charge in [0.25, 0.3) is 0 Å². The lowest BCUT2D eigenvalue weighted by Gasteiger charge is -2.05. The molecule has 0 bridgehead atoms. The van der Waals surface area contributed by atoms with E-state index in [0.717, 1.165) is 0 Å². The van der Waals surface area contributed by atoms with Crippen LogP contribution in [-0.4, -0.2) is 4.98 Å². The molecule has 0 spiro atoms. The summed E-state index contributed by atoms with van der Waals surface area (Å²) in [6.45, 7) is 0. The molecule has 0 N–H and O–H groups in total. The number of pyridine rings is 1. The Morgan fingerprint density at radius 1 is 0.917 bits per heavy atom. The van der Waals surface area contributed by atoms with Gasteiger partial charge in [0, 0.05) is 5.56 Å². The lowest BCUT2D eigenvalue weighted by molar-refractivity contribution is 1.25. The molecule has 1 rings (SSSR count). The van der Waals surface area contributed by atoms with Crippen LogP contribution >= 0.6 is 58.0 Å². The summed E-state index contributed by atoms with van der Waals surface area (Å²) in [5.41, 5.74) is 0.495. The molecule has 0 fully saturated rings. The van der Waals surface area contributed by atoms with Gasteiger partial charge in [-0.1, -0.05) is 46.4 Å². The average Bonchev–Trinajstić information content (AvgIpc) is 2.01. The summed E-state index contributed by atoms with van der Waals surface area (Å²) in [4.78, 5) is 3.73. The van der Waals surface area contributed by atoms with Crippen LogP contribution in [0.2, 0.25) is 20.4 Å². The van der Waals surface area contributed by atoms with E-state index in [4.69, 9.17) is 58.0 Å². The first kappa shape index (κ1) is 10.7. The van der Waals surface area contributed by atoms with Crippen molar-refractivity contribution >= 4 is 58.0 Å². The van der Waals surface area contributed by atoms with Gasteiger partial charge in [0.1, 0.15) is 5.15 Å². The first-order valence-electron chi connectivity index (χ1n) is 2.82. The van der Waals surface area contributed by atoms with Crippen LogP contribution in [0.1, 0.15) is 5.56 Å². The smallest absolute Gasteiger partial charge is 0.150 e. The van der Waals surface area contributed by atoms with Crippen LogP contribution in [0.4, 0.5) is 0 Å². The fraction of sp³-hybridized carbons (Fsp3) is 0.167. The lowest BCUT2D eigenvalue weighted by Crippen LogP contribution is -1.89. The van der Waals surface area contributed by atoms with Crippen molar-refractivity contribution in [2.45, 2.75) is 5.88 Å². The minimum absolute atomic E-state index is 0.0838. The minimum Gasteiger partial charge on any atom is -0.222 e. The zero-order chi connectivity index (χ0) is 9.30. The predicted molar refractivity (Wildman–Crippen MR) is 53.8 cm³/mol. The molecule has 1 nitrogen and oxygen atoms in total. The SMILES string of the molecule is ClCc1c(Cl)nc(Cl)c(Cl)c1Cl. The normalized spacial score (nSPS) is 10.4. The Morgan fingerprint density at radius 3 is 2.00 bits per heavy atom. The molecular formula is C6H2Cl5N. The van der Waals surface area contributed by atoms with Crippen LogP contribution in [0.3, 0.4) is 0 Å². The van der Waals surface area contributed by atoms with Gasteiger partial charge in [-0.3, -0.25) is 0 Å². The molecule has 0 aromatic carbocycles. The van der Waals surface area contributed by atoms with Gasteiger partial charge in [0.15, 0.2) is 5.15 Å². The fourth-order valence-corrected chi connectivity index (χ4v) is 1.99. The molecule has 0 aliphatic rings. The van der Waals surface area contributed by atoms with E-state index in [1.807, 2.05) is 0 Å². The first-order chi connectivity index (χ1) is 5.57. The standard InChI is InChI=1S/C6H2Cl5N/c7-1-2-3(8)4(9)6(11)12-5(2)10/h1H2. The predicted octanol–water partition coefficient (Wildman–Crippen LogP) is 4.43. The summed E-state index contributed by atoms with van der Waals surface area (Å²) in [6.07, 6.45) is 0. The maximum atomic E-state index is 5.78. The van der Waals surface area contributed by atoms with Crippen LogP contribution in [0.15, 0.2) is 0 Å². The molecule has 0 saturated carbocycles. The summed E-state index contributed by atoms with van der Waals surface area (Å²) in [7, 11) is 0. The molecular weight excluding hydrogens is 263 g/mol. The van der Waals surface area contributed by atoms with Crippen LogP contribution in [0, 0.1) is 0 Å². The van der Waals surface area contributed by atoms with Gasteiger partial charge in [-0.25, -0.2) is 4.98 Å². The molecule has 1 heterocycles. The van der Waals surface area contributed by atoms with E-state index < -0.39 is 0 Å². The number of hydrogen-bond donors (Lipinski definition) is 0. The highest BCUT2D eigenvalue weighted by Gasteiger charge is 2.13. The van der Waals surface area contributed by atoms with Crippen molar-refractivity contribution in [1.82, 2.24) is 4.98 Å². The van der Waals surface area contributed by atoms with Crippen LogP contribution in [-0.2, 0) is 5.88 Å². The van der Waals surface area contributed by atoms with Crippen molar-refractivity contribution in [1.29, 1.82) is 0 Å². The largest absolute Gasteiger partial charge is 0.222 e. The average molecular weight is 265 g/mol. The Kier molecular flexibility index (Phi) is 3.74. The zero-order valence-corrected chi connectivity index (χ0v) is 9.32. The van der Waals surface area contributed by atoms with E-state index in [0.29, 0.717) is 5.56 Å².